The van der Waals surface area contributed by atoms with Crippen LogP contribution in [0.15, 0.2) is 75.2 Å². The van der Waals surface area contributed by atoms with Gasteiger partial charge in [-0.25, -0.2) is 10.4 Å². The van der Waals surface area contributed by atoms with Crippen LogP contribution in [0.25, 0.3) is 5.70 Å². The first-order valence-electron chi connectivity index (χ1n) is 8.71. The van der Waals surface area contributed by atoms with Gasteiger partial charge in [-0.15, -0.1) is 0 Å². The highest BCUT2D eigenvalue weighted by Gasteiger charge is 2.18. The topological polar surface area (TPSA) is 48.8 Å². The third-order valence-corrected chi connectivity index (χ3v) is 4.76. The van der Waals surface area contributed by atoms with Crippen molar-refractivity contribution in [3.63, 3.8) is 0 Å². The third-order valence-electron chi connectivity index (χ3n) is 4.23. The Balaban J connectivity index is 1.78. The van der Waals surface area contributed by atoms with Crippen molar-refractivity contribution >= 4 is 33.3 Å². The highest BCUT2D eigenvalue weighted by molar-refractivity contribution is 9.10. The van der Waals surface area contributed by atoms with Gasteiger partial charge < -0.3 is 5.32 Å². The Morgan fingerprint density at radius 1 is 1.12 bits per heavy atom. The second-order valence-corrected chi connectivity index (χ2v) is 7.52. The molecule has 2 aromatic rings. The number of hydrazone groups is 1. The summed E-state index contributed by atoms with van der Waals surface area (Å²) in [6.45, 7) is 6.33. The Morgan fingerprint density at radius 3 is 2.46 bits per heavy atom. The van der Waals surface area contributed by atoms with Gasteiger partial charge in [0.25, 0.3) is 0 Å². The fourth-order valence-electron chi connectivity index (χ4n) is 2.64. The van der Waals surface area contributed by atoms with Gasteiger partial charge in [0.1, 0.15) is 0 Å². The summed E-state index contributed by atoms with van der Waals surface area (Å²) in [5, 5.41) is 7.86. The number of hydrogen-bond acceptors (Lipinski definition) is 4. The van der Waals surface area contributed by atoms with E-state index in [2.05, 4.69) is 63.8 Å². The largest absolute Gasteiger partial charge is 0.325 e. The minimum Gasteiger partial charge on any atom is -0.325 e. The van der Waals surface area contributed by atoms with Gasteiger partial charge in [-0.2, -0.15) is 5.10 Å². The zero-order valence-electron chi connectivity index (χ0n) is 15.2. The number of rotatable bonds is 4. The van der Waals surface area contributed by atoms with E-state index in [-0.39, 0.29) is 6.04 Å². The minimum absolute atomic E-state index is 0.108. The molecule has 0 aliphatic carbocycles. The van der Waals surface area contributed by atoms with Crippen LogP contribution in [0.2, 0.25) is 0 Å². The van der Waals surface area contributed by atoms with Gasteiger partial charge >= 0.3 is 0 Å². The Kier molecular flexibility index (Phi) is 5.89. The first-order valence-corrected chi connectivity index (χ1v) is 9.50. The van der Waals surface area contributed by atoms with Gasteiger partial charge in [-0.05, 0) is 42.2 Å². The molecule has 4 nitrogen and oxygen atoms in total. The molecule has 0 bridgehead atoms. The van der Waals surface area contributed by atoms with Crippen molar-refractivity contribution in [1.82, 2.24) is 10.7 Å². The second kappa shape index (κ2) is 8.32. The average molecular weight is 411 g/mol. The summed E-state index contributed by atoms with van der Waals surface area (Å²) < 4.78 is 1.05. The summed E-state index contributed by atoms with van der Waals surface area (Å²) in [6, 6.07) is 18.5. The lowest BCUT2D eigenvalue weighted by Gasteiger charge is -2.24. The number of aliphatic imine (C=N–C) groups is 1. The molecular formula is C21H23BrN4. The van der Waals surface area contributed by atoms with Crippen molar-refractivity contribution < 1.29 is 0 Å². The number of hydrogen-bond donors (Lipinski definition) is 2. The average Bonchev–Trinajstić information content (AvgIpc) is 2.67. The number of benzene rings is 2. The predicted molar refractivity (Wildman–Crippen MR) is 113 cm³/mol. The monoisotopic (exact) mass is 410 g/mol. The van der Waals surface area contributed by atoms with Crippen molar-refractivity contribution in [2.45, 2.75) is 26.8 Å². The molecule has 1 heterocycles. The molecule has 2 aromatic carbocycles. The molecule has 0 fully saturated rings. The highest BCUT2D eigenvalue weighted by atomic mass is 79.9. The molecule has 26 heavy (non-hydrogen) atoms. The fraction of sp³-hybridized carbons (Fsp3) is 0.238. The molecular weight excluding hydrogens is 388 g/mol. The third kappa shape index (κ3) is 4.61. The first kappa shape index (κ1) is 18.4. The maximum absolute atomic E-state index is 4.74. The fourth-order valence-corrected chi connectivity index (χ4v) is 2.90. The summed E-state index contributed by atoms with van der Waals surface area (Å²) in [4.78, 5) is 4.74. The Bertz CT molecular complexity index is 836. The molecule has 2 N–H and O–H groups in total. The molecule has 3 rings (SSSR count). The van der Waals surface area contributed by atoms with Crippen LogP contribution in [0.3, 0.4) is 0 Å². The second-order valence-electron chi connectivity index (χ2n) is 6.60. The predicted octanol–water partition coefficient (Wildman–Crippen LogP) is 4.79. The molecule has 1 aliphatic rings. The van der Waals surface area contributed by atoms with E-state index in [0.717, 1.165) is 27.0 Å². The Hall–Kier alpha value is -2.40. The van der Waals surface area contributed by atoms with Crippen LogP contribution >= 0.6 is 15.9 Å². The summed E-state index contributed by atoms with van der Waals surface area (Å²) in [7, 11) is 0. The van der Waals surface area contributed by atoms with Crippen LogP contribution in [0, 0.1) is 5.92 Å². The number of nitrogens with zero attached hydrogens (tertiary/aromatic N) is 2. The molecule has 0 spiro atoms. The van der Waals surface area contributed by atoms with Gasteiger partial charge in [0.05, 0.1) is 11.8 Å². The van der Waals surface area contributed by atoms with Crippen molar-refractivity contribution in [2.75, 3.05) is 0 Å². The van der Waals surface area contributed by atoms with Crippen molar-refractivity contribution in [2.24, 2.45) is 16.0 Å². The standard InChI is InChI=1S/C21H23BrN4/c1-14(2)19-13-20(17-7-5-4-6-8-17)24-21(23-19)26-25-15(3)16-9-11-18(22)12-10-16/h4-14,19H,1-3H3,(H2,23,24,26)/b25-15+. The van der Waals surface area contributed by atoms with Crippen LogP contribution in [0.4, 0.5) is 0 Å². The zero-order chi connectivity index (χ0) is 18.5. The van der Waals surface area contributed by atoms with E-state index in [1.165, 1.54) is 0 Å². The Morgan fingerprint density at radius 2 is 1.81 bits per heavy atom. The van der Waals surface area contributed by atoms with E-state index < -0.39 is 0 Å². The van der Waals surface area contributed by atoms with Gasteiger partial charge in [-0.3, -0.25) is 0 Å². The van der Waals surface area contributed by atoms with Crippen LogP contribution < -0.4 is 10.7 Å². The van der Waals surface area contributed by atoms with E-state index in [1.54, 1.807) is 0 Å². The van der Waals surface area contributed by atoms with E-state index in [4.69, 9.17) is 4.99 Å². The lowest BCUT2D eigenvalue weighted by Crippen LogP contribution is -2.38. The molecule has 1 atom stereocenters. The molecule has 0 amide bonds. The number of halogens is 1. The van der Waals surface area contributed by atoms with E-state index >= 15 is 0 Å². The number of guanidine groups is 1. The molecule has 5 heteroatoms. The lowest BCUT2D eigenvalue weighted by molar-refractivity contribution is 0.564. The normalized spacial score (nSPS) is 17.4. The molecule has 1 unspecified atom stereocenters. The van der Waals surface area contributed by atoms with Crippen molar-refractivity contribution in [3.05, 3.63) is 76.3 Å². The summed E-state index contributed by atoms with van der Waals surface area (Å²) >= 11 is 3.45. The van der Waals surface area contributed by atoms with Gasteiger partial charge in [0.2, 0.25) is 5.96 Å². The molecule has 134 valence electrons. The van der Waals surface area contributed by atoms with E-state index in [1.807, 2.05) is 49.4 Å². The first-order chi connectivity index (χ1) is 12.5. The lowest BCUT2D eigenvalue weighted by atomic mass is 10.0. The van der Waals surface area contributed by atoms with Crippen molar-refractivity contribution in [3.8, 4) is 0 Å². The molecule has 0 saturated carbocycles. The maximum Gasteiger partial charge on any atom is 0.217 e. The minimum atomic E-state index is 0.108. The number of nitrogens with one attached hydrogen (secondary N) is 2. The van der Waals surface area contributed by atoms with E-state index in [9.17, 15) is 0 Å². The summed E-state index contributed by atoms with van der Waals surface area (Å²) in [5.74, 6) is 1.07. The summed E-state index contributed by atoms with van der Waals surface area (Å²) in [5.41, 5.74) is 7.25. The van der Waals surface area contributed by atoms with Gasteiger partial charge in [0, 0.05) is 10.2 Å². The molecule has 1 aliphatic heterocycles. The van der Waals surface area contributed by atoms with Crippen molar-refractivity contribution in [1.29, 1.82) is 0 Å². The molecule has 0 aromatic heterocycles. The van der Waals surface area contributed by atoms with E-state index in [0.29, 0.717) is 11.9 Å². The summed E-state index contributed by atoms with van der Waals surface area (Å²) in [6.07, 6.45) is 2.18. The van der Waals surface area contributed by atoms with Crippen LogP contribution in [-0.4, -0.2) is 17.7 Å². The Labute approximate surface area is 163 Å². The zero-order valence-corrected chi connectivity index (χ0v) is 16.8. The van der Waals surface area contributed by atoms with Gasteiger partial charge in [-0.1, -0.05) is 72.2 Å². The van der Waals surface area contributed by atoms with Crippen LogP contribution in [-0.2, 0) is 0 Å². The molecule has 0 radical (unpaired) electrons. The van der Waals surface area contributed by atoms with Gasteiger partial charge in [0.15, 0.2) is 0 Å². The van der Waals surface area contributed by atoms with Crippen LogP contribution in [0.1, 0.15) is 31.9 Å². The quantitative estimate of drug-likeness (QED) is 0.562. The van der Waals surface area contributed by atoms with Crippen LogP contribution in [0.5, 0.6) is 0 Å². The highest BCUT2D eigenvalue weighted by Crippen LogP contribution is 2.20. The smallest absolute Gasteiger partial charge is 0.217 e. The molecule has 0 saturated heterocycles. The SMILES string of the molecule is C/C(=N\NC1=NC(C(C)C)C=C(c2ccccc2)N1)c1ccc(Br)cc1. The maximum atomic E-state index is 4.74.